The number of hydrogen-bond acceptors (Lipinski definition) is 1. The van der Waals surface area contributed by atoms with Crippen molar-refractivity contribution in [2.45, 2.75) is 20.4 Å². The number of carbonyl (C=O) groups excluding carboxylic acids is 1. The summed E-state index contributed by atoms with van der Waals surface area (Å²) >= 11 is 6.18. The van der Waals surface area contributed by atoms with E-state index >= 15 is 0 Å². The lowest BCUT2D eigenvalue weighted by molar-refractivity contribution is 0.100. The van der Waals surface area contributed by atoms with Crippen LogP contribution in [0.25, 0.3) is 0 Å². The van der Waals surface area contributed by atoms with Crippen LogP contribution in [-0.4, -0.2) is 10.4 Å². The summed E-state index contributed by atoms with van der Waals surface area (Å²) in [5.41, 5.74) is 2.87. The van der Waals surface area contributed by atoms with Gasteiger partial charge in [-0.25, -0.2) is 0 Å². The van der Waals surface area contributed by atoms with E-state index in [1.54, 1.807) is 6.92 Å². The highest BCUT2D eigenvalue weighted by Crippen LogP contribution is 2.19. The van der Waals surface area contributed by atoms with Gasteiger partial charge in [0.1, 0.15) is 0 Å². The van der Waals surface area contributed by atoms with Crippen molar-refractivity contribution in [3.63, 3.8) is 0 Å². The fraction of sp³-hybridized carbons (Fsp3) is 0.214. The largest absolute Gasteiger partial charge is 0.341 e. The summed E-state index contributed by atoms with van der Waals surface area (Å²) in [5.74, 6) is 0.0678. The predicted molar refractivity (Wildman–Crippen MR) is 69.7 cm³/mol. The van der Waals surface area contributed by atoms with Gasteiger partial charge in [-0.1, -0.05) is 23.7 Å². The molecule has 0 aliphatic rings. The van der Waals surface area contributed by atoms with Crippen LogP contribution in [0.4, 0.5) is 0 Å². The third-order valence-corrected chi connectivity index (χ3v) is 3.09. The van der Waals surface area contributed by atoms with Gasteiger partial charge in [-0.15, -0.1) is 0 Å². The second-order valence-electron chi connectivity index (χ2n) is 4.17. The van der Waals surface area contributed by atoms with Gasteiger partial charge >= 0.3 is 0 Å². The van der Waals surface area contributed by atoms with Crippen molar-refractivity contribution in [2.75, 3.05) is 0 Å². The zero-order valence-electron chi connectivity index (χ0n) is 9.90. The highest BCUT2D eigenvalue weighted by molar-refractivity contribution is 6.31. The number of Topliss-reactive ketones (excluding diaryl/α,β-unsaturated/α-hetero) is 1. The zero-order chi connectivity index (χ0) is 12.4. The molecule has 1 aromatic carbocycles. The Bertz CT molecular complexity index is 557. The summed E-state index contributed by atoms with van der Waals surface area (Å²) in [4.78, 5) is 11.4. The van der Waals surface area contributed by atoms with Crippen LogP contribution in [0.1, 0.15) is 28.5 Å². The number of ketones is 1. The molecule has 2 nitrogen and oxygen atoms in total. The minimum Gasteiger partial charge on any atom is -0.341 e. The molecule has 0 saturated carbocycles. The van der Waals surface area contributed by atoms with E-state index in [1.165, 1.54) is 0 Å². The Morgan fingerprint density at radius 2 is 2.12 bits per heavy atom. The van der Waals surface area contributed by atoms with Crippen LogP contribution in [0.2, 0.25) is 5.02 Å². The Labute approximate surface area is 106 Å². The maximum atomic E-state index is 11.4. The Morgan fingerprint density at radius 1 is 1.35 bits per heavy atom. The molecule has 2 rings (SSSR count). The number of rotatable bonds is 3. The smallest absolute Gasteiger partial charge is 0.176 e. The van der Waals surface area contributed by atoms with Crippen molar-refractivity contribution < 1.29 is 4.79 Å². The van der Waals surface area contributed by atoms with Crippen LogP contribution in [0.5, 0.6) is 0 Å². The molecule has 1 aromatic heterocycles. The van der Waals surface area contributed by atoms with E-state index < -0.39 is 0 Å². The first-order chi connectivity index (χ1) is 8.08. The van der Waals surface area contributed by atoms with Crippen molar-refractivity contribution in [1.82, 2.24) is 4.57 Å². The Kier molecular flexibility index (Phi) is 3.34. The maximum absolute atomic E-state index is 11.4. The highest BCUT2D eigenvalue weighted by atomic mass is 35.5. The number of benzene rings is 1. The minimum absolute atomic E-state index is 0.0678. The van der Waals surface area contributed by atoms with Crippen molar-refractivity contribution >= 4 is 17.4 Å². The molecule has 0 fully saturated rings. The lowest BCUT2D eigenvalue weighted by atomic mass is 10.1. The summed E-state index contributed by atoms with van der Waals surface area (Å²) in [6.45, 7) is 4.20. The molecule has 0 saturated heterocycles. The number of aromatic nitrogens is 1. The van der Waals surface area contributed by atoms with Gasteiger partial charge in [0.05, 0.1) is 5.69 Å². The predicted octanol–water partition coefficient (Wildman–Crippen LogP) is 3.70. The molecular formula is C14H14ClNO. The van der Waals surface area contributed by atoms with E-state index in [2.05, 4.69) is 0 Å². The van der Waals surface area contributed by atoms with Crippen molar-refractivity contribution in [3.8, 4) is 0 Å². The Morgan fingerprint density at radius 3 is 2.76 bits per heavy atom. The number of nitrogens with zero attached hydrogens (tertiary/aromatic N) is 1. The molecule has 0 aliphatic heterocycles. The van der Waals surface area contributed by atoms with Crippen LogP contribution in [0.3, 0.4) is 0 Å². The van der Waals surface area contributed by atoms with Crippen LogP contribution in [-0.2, 0) is 6.54 Å². The molecule has 0 amide bonds. The molecule has 0 spiro atoms. The summed E-state index contributed by atoms with van der Waals surface area (Å²) in [6.07, 6.45) is 1.90. The SMILES string of the molecule is CC(=O)c1cccn1Cc1ccc(C)cc1Cl. The van der Waals surface area contributed by atoms with Crippen molar-refractivity contribution in [1.29, 1.82) is 0 Å². The molecule has 2 aromatic rings. The van der Waals surface area contributed by atoms with E-state index in [-0.39, 0.29) is 5.78 Å². The molecule has 0 bridgehead atoms. The average molecular weight is 248 g/mol. The average Bonchev–Trinajstić information content (AvgIpc) is 2.70. The molecular weight excluding hydrogens is 234 g/mol. The van der Waals surface area contributed by atoms with Crippen molar-refractivity contribution in [2.24, 2.45) is 0 Å². The van der Waals surface area contributed by atoms with Gasteiger partial charge in [0.2, 0.25) is 0 Å². The first-order valence-corrected chi connectivity index (χ1v) is 5.87. The second kappa shape index (κ2) is 4.76. The lowest BCUT2D eigenvalue weighted by Crippen LogP contribution is -2.07. The normalized spacial score (nSPS) is 10.5. The van der Waals surface area contributed by atoms with Gasteiger partial charge < -0.3 is 4.57 Å². The van der Waals surface area contributed by atoms with Gasteiger partial charge in [0, 0.05) is 24.7 Å². The maximum Gasteiger partial charge on any atom is 0.176 e. The highest BCUT2D eigenvalue weighted by Gasteiger charge is 2.07. The Balaban J connectivity index is 2.31. The molecule has 88 valence electrons. The topological polar surface area (TPSA) is 22.0 Å². The van der Waals surface area contributed by atoms with Gasteiger partial charge in [0.15, 0.2) is 5.78 Å². The van der Waals surface area contributed by atoms with E-state index in [1.807, 2.05) is 48.0 Å². The number of hydrogen-bond donors (Lipinski definition) is 0. The van der Waals surface area contributed by atoms with E-state index in [0.717, 1.165) is 16.1 Å². The first-order valence-electron chi connectivity index (χ1n) is 5.49. The molecule has 1 heterocycles. The molecule has 0 unspecified atom stereocenters. The molecule has 3 heteroatoms. The van der Waals surface area contributed by atoms with E-state index in [0.29, 0.717) is 12.2 Å². The zero-order valence-corrected chi connectivity index (χ0v) is 10.7. The third-order valence-electron chi connectivity index (χ3n) is 2.74. The first kappa shape index (κ1) is 11.9. The van der Waals surface area contributed by atoms with Gasteiger partial charge in [0.25, 0.3) is 0 Å². The quantitative estimate of drug-likeness (QED) is 0.758. The summed E-state index contributed by atoms with van der Waals surface area (Å²) in [6, 6.07) is 9.66. The van der Waals surface area contributed by atoms with Crippen LogP contribution < -0.4 is 0 Å². The standard InChI is InChI=1S/C14H14ClNO/c1-10-5-6-12(13(15)8-10)9-16-7-3-4-14(16)11(2)17/h3-8H,9H2,1-2H3. The van der Waals surface area contributed by atoms with Gasteiger partial charge in [-0.2, -0.15) is 0 Å². The van der Waals surface area contributed by atoms with Gasteiger partial charge in [-0.05, 0) is 36.2 Å². The number of halogens is 1. The van der Waals surface area contributed by atoms with Crippen LogP contribution in [0, 0.1) is 6.92 Å². The summed E-state index contributed by atoms with van der Waals surface area (Å²) in [5, 5.41) is 0.744. The molecule has 0 atom stereocenters. The number of carbonyl (C=O) groups is 1. The van der Waals surface area contributed by atoms with Crippen LogP contribution >= 0.6 is 11.6 Å². The third kappa shape index (κ3) is 2.59. The molecule has 17 heavy (non-hydrogen) atoms. The minimum atomic E-state index is 0.0678. The molecule has 0 aliphatic carbocycles. The monoisotopic (exact) mass is 247 g/mol. The van der Waals surface area contributed by atoms with E-state index in [9.17, 15) is 4.79 Å². The lowest BCUT2D eigenvalue weighted by Gasteiger charge is -2.09. The molecule has 0 N–H and O–H groups in total. The second-order valence-corrected chi connectivity index (χ2v) is 4.58. The van der Waals surface area contributed by atoms with Crippen LogP contribution in [0.15, 0.2) is 36.5 Å². The van der Waals surface area contributed by atoms with Gasteiger partial charge in [-0.3, -0.25) is 4.79 Å². The summed E-state index contributed by atoms with van der Waals surface area (Å²) in [7, 11) is 0. The number of aryl methyl sites for hydroxylation is 1. The fourth-order valence-corrected chi connectivity index (χ4v) is 2.13. The molecule has 0 radical (unpaired) electrons. The fourth-order valence-electron chi connectivity index (χ4n) is 1.84. The van der Waals surface area contributed by atoms with Crippen molar-refractivity contribution in [3.05, 3.63) is 58.4 Å². The summed E-state index contributed by atoms with van der Waals surface area (Å²) < 4.78 is 1.92. The van der Waals surface area contributed by atoms with E-state index in [4.69, 9.17) is 11.6 Å². The Hall–Kier alpha value is -1.54.